The fraction of sp³-hybridized carbons (Fsp3) is 0.435. The molecule has 0 bridgehead atoms. The molecule has 0 amide bonds. The molecular formula is C23H30N2OS. The molecule has 1 saturated carbocycles. The Morgan fingerprint density at radius 1 is 1.07 bits per heavy atom. The second kappa shape index (κ2) is 9.23. The van der Waals surface area contributed by atoms with E-state index in [-0.39, 0.29) is 11.6 Å². The fourth-order valence-corrected chi connectivity index (χ4v) is 4.17. The van der Waals surface area contributed by atoms with Gasteiger partial charge in [-0.3, -0.25) is 0 Å². The highest BCUT2D eigenvalue weighted by Gasteiger charge is 2.34. The zero-order chi connectivity index (χ0) is 19.1. The Labute approximate surface area is 168 Å². The standard InChI is InChI=1S/C23H30N2OS/c1-18(2)26-21-12-8-11-20(17-21)24-22(27)25-23(14-6-7-15-23)16-13-19-9-4-3-5-10-19/h3-5,8-12,17-18H,6-7,13-16H2,1-2H3,(H2,24,25,27). The van der Waals surface area contributed by atoms with Crippen molar-refractivity contribution in [3.8, 4) is 5.75 Å². The number of hydrogen-bond acceptors (Lipinski definition) is 2. The Kier molecular flexibility index (Phi) is 6.73. The monoisotopic (exact) mass is 382 g/mol. The van der Waals surface area contributed by atoms with E-state index in [1.165, 1.54) is 31.2 Å². The SMILES string of the molecule is CC(C)Oc1cccc(NC(=S)NC2(CCc3ccccc3)CCCC2)c1. The van der Waals surface area contributed by atoms with Crippen LogP contribution in [-0.4, -0.2) is 16.8 Å². The molecule has 0 unspecified atom stereocenters. The maximum Gasteiger partial charge on any atom is 0.171 e. The van der Waals surface area contributed by atoms with Crippen molar-refractivity contribution in [3.05, 3.63) is 60.2 Å². The van der Waals surface area contributed by atoms with Crippen molar-refractivity contribution in [1.82, 2.24) is 5.32 Å². The Bertz CT molecular complexity index is 739. The number of hydrogen-bond donors (Lipinski definition) is 2. The fourth-order valence-electron chi connectivity index (χ4n) is 3.84. The summed E-state index contributed by atoms with van der Waals surface area (Å²) in [7, 11) is 0. The Balaban J connectivity index is 1.60. The minimum Gasteiger partial charge on any atom is -0.491 e. The van der Waals surface area contributed by atoms with Crippen LogP contribution in [0, 0.1) is 0 Å². The van der Waals surface area contributed by atoms with E-state index in [1.807, 2.05) is 38.1 Å². The summed E-state index contributed by atoms with van der Waals surface area (Å²) in [6.45, 7) is 4.06. The van der Waals surface area contributed by atoms with Gasteiger partial charge in [0.1, 0.15) is 5.75 Å². The molecule has 0 aromatic heterocycles. The molecule has 144 valence electrons. The molecule has 1 aliphatic rings. The third-order valence-corrected chi connectivity index (χ3v) is 5.34. The van der Waals surface area contributed by atoms with E-state index in [2.05, 4.69) is 41.0 Å². The zero-order valence-corrected chi connectivity index (χ0v) is 17.1. The number of aryl methyl sites for hydroxylation is 1. The van der Waals surface area contributed by atoms with Gasteiger partial charge in [0.15, 0.2) is 5.11 Å². The quantitative estimate of drug-likeness (QED) is 0.601. The lowest BCUT2D eigenvalue weighted by Crippen LogP contribution is -2.48. The molecular weight excluding hydrogens is 352 g/mol. The first-order valence-electron chi connectivity index (χ1n) is 9.94. The average Bonchev–Trinajstić information content (AvgIpc) is 3.09. The van der Waals surface area contributed by atoms with Crippen LogP contribution in [0.4, 0.5) is 5.69 Å². The van der Waals surface area contributed by atoms with Crippen LogP contribution in [0.25, 0.3) is 0 Å². The first-order chi connectivity index (χ1) is 13.0. The number of anilines is 1. The third-order valence-electron chi connectivity index (χ3n) is 5.14. The first kappa shape index (κ1) is 19.7. The Hall–Kier alpha value is -2.07. The van der Waals surface area contributed by atoms with Crippen LogP contribution in [0.5, 0.6) is 5.75 Å². The lowest BCUT2D eigenvalue weighted by Gasteiger charge is -2.32. The maximum absolute atomic E-state index is 5.77. The van der Waals surface area contributed by atoms with Crippen molar-refractivity contribution in [2.45, 2.75) is 64.0 Å². The van der Waals surface area contributed by atoms with E-state index in [9.17, 15) is 0 Å². The summed E-state index contributed by atoms with van der Waals surface area (Å²) < 4.78 is 5.77. The van der Waals surface area contributed by atoms with E-state index in [1.54, 1.807) is 0 Å². The third kappa shape index (κ3) is 5.96. The Morgan fingerprint density at radius 3 is 2.52 bits per heavy atom. The van der Waals surface area contributed by atoms with Crippen molar-refractivity contribution < 1.29 is 4.74 Å². The lowest BCUT2D eigenvalue weighted by atomic mass is 9.89. The summed E-state index contributed by atoms with van der Waals surface area (Å²) in [6, 6.07) is 18.7. The molecule has 0 spiro atoms. The molecule has 3 rings (SSSR count). The molecule has 1 fully saturated rings. The molecule has 2 aromatic carbocycles. The van der Waals surface area contributed by atoms with Crippen LogP contribution < -0.4 is 15.4 Å². The van der Waals surface area contributed by atoms with Crippen LogP contribution in [-0.2, 0) is 6.42 Å². The van der Waals surface area contributed by atoms with Gasteiger partial charge in [-0.2, -0.15) is 0 Å². The summed E-state index contributed by atoms with van der Waals surface area (Å²) >= 11 is 5.64. The van der Waals surface area contributed by atoms with Gasteiger partial charge >= 0.3 is 0 Å². The molecule has 0 heterocycles. The van der Waals surface area contributed by atoms with Crippen molar-refractivity contribution in [3.63, 3.8) is 0 Å². The summed E-state index contributed by atoms with van der Waals surface area (Å²) in [5.74, 6) is 0.859. The molecule has 3 nitrogen and oxygen atoms in total. The summed E-state index contributed by atoms with van der Waals surface area (Å²) in [5.41, 5.74) is 2.45. The minimum absolute atomic E-state index is 0.103. The van der Waals surface area contributed by atoms with Crippen LogP contribution in [0.3, 0.4) is 0 Å². The lowest BCUT2D eigenvalue weighted by molar-refractivity contribution is 0.242. The molecule has 0 saturated heterocycles. The van der Waals surface area contributed by atoms with Gasteiger partial charge in [-0.05, 0) is 69.4 Å². The van der Waals surface area contributed by atoms with Crippen LogP contribution >= 0.6 is 12.2 Å². The number of benzene rings is 2. The van der Waals surface area contributed by atoms with Gasteiger partial charge < -0.3 is 15.4 Å². The van der Waals surface area contributed by atoms with Crippen molar-refractivity contribution >= 4 is 23.0 Å². The Morgan fingerprint density at radius 2 is 1.81 bits per heavy atom. The highest BCUT2D eigenvalue weighted by atomic mass is 32.1. The second-order valence-electron chi connectivity index (χ2n) is 7.75. The molecule has 27 heavy (non-hydrogen) atoms. The highest BCUT2D eigenvalue weighted by Crippen LogP contribution is 2.34. The second-order valence-corrected chi connectivity index (χ2v) is 8.15. The van der Waals surface area contributed by atoms with Gasteiger partial charge in [0.2, 0.25) is 0 Å². The molecule has 2 aromatic rings. The van der Waals surface area contributed by atoms with Gasteiger partial charge in [0.05, 0.1) is 6.10 Å². The minimum atomic E-state index is 0.103. The predicted molar refractivity (Wildman–Crippen MR) is 118 cm³/mol. The normalized spacial score (nSPS) is 15.5. The predicted octanol–water partition coefficient (Wildman–Crippen LogP) is 5.71. The smallest absolute Gasteiger partial charge is 0.171 e. The average molecular weight is 383 g/mol. The maximum atomic E-state index is 5.77. The molecule has 0 radical (unpaired) electrons. The molecule has 2 N–H and O–H groups in total. The van der Waals surface area contributed by atoms with Crippen LogP contribution in [0.15, 0.2) is 54.6 Å². The molecule has 0 aliphatic heterocycles. The van der Waals surface area contributed by atoms with Crippen molar-refractivity contribution in [2.24, 2.45) is 0 Å². The molecule has 0 atom stereocenters. The van der Waals surface area contributed by atoms with Crippen LogP contribution in [0.1, 0.15) is 51.5 Å². The number of thiocarbonyl (C=S) groups is 1. The van der Waals surface area contributed by atoms with Crippen molar-refractivity contribution in [1.29, 1.82) is 0 Å². The summed E-state index contributed by atoms with van der Waals surface area (Å²) in [6.07, 6.45) is 7.23. The van der Waals surface area contributed by atoms with Gasteiger partial charge in [0.25, 0.3) is 0 Å². The molecule has 1 aliphatic carbocycles. The van der Waals surface area contributed by atoms with Gasteiger partial charge in [-0.15, -0.1) is 0 Å². The van der Waals surface area contributed by atoms with E-state index >= 15 is 0 Å². The van der Waals surface area contributed by atoms with Gasteiger partial charge in [-0.25, -0.2) is 0 Å². The highest BCUT2D eigenvalue weighted by molar-refractivity contribution is 7.80. The largest absolute Gasteiger partial charge is 0.491 e. The number of rotatable bonds is 7. The van der Waals surface area contributed by atoms with Crippen LogP contribution in [0.2, 0.25) is 0 Å². The molecule has 4 heteroatoms. The number of nitrogens with one attached hydrogen (secondary N) is 2. The summed E-state index contributed by atoms with van der Waals surface area (Å²) in [5, 5.41) is 7.70. The first-order valence-corrected chi connectivity index (χ1v) is 10.4. The van der Waals surface area contributed by atoms with E-state index in [0.29, 0.717) is 5.11 Å². The van der Waals surface area contributed by atoms with Gasteiger partial charge in [0, 0.05) is 17.3 Å². The van der Waals surface area contributed by atoms with E-state index in [0.717, 1.165) is 24.3 Å². The number of ether oxygens (including phenoxy) is 1. The topological polar surface area (TPSA) is 33.3 Å². The van der Waals surface area contributed by atoms with Crippen molar-refractivity contribution in [2.75, 3.05) is 5.32 Å². The summed E-state index contributed by atoms with van der Waals surface area (Å²) in [4.78, 5) is 0. The van der Waals surface area contributed by atoms with E-state index in [4.69, 9.17) is 17.0 Å². The van der Waals surface area contributed by atoms with Gasteiger partial charge in [-0.1, -0.05) is 49.2 Å². The zero-order valence-electron chi connectivity index (χ0n) is 16.3. The van der Waals surface area contributed by atoms with E-state index < -0.39 is 0 Å².